The SMILES string of the molecule is C.CC.CC.CC.CC.CC.CC.ClCC1CO1.ClCC1CO1.ClC[C@@H]1CO1.ClC[C@H]1CO1.OC(CC1=CC=CC1)CN1CCN(CCOC(c2ccccc2)c2ccccc2)CC1.[Ar].c1ccc(C(OCCN2CCN(CC3CO3)CC2)c2ccccc2)cc1.c1ccc(C(OCCN2CCNCC2)c2ccccc2)cc1. The van der Waals surface area contributed by atoms with Crippen molar-refractivity contribution in [2.75, 3.05) is 188 Å². The fraction of sp³-hybridized carbons (Fsp3) is 0.570. The van der Waals surface area contributed by atoms with Gasteiger partial charge in [0.15, 0.2) is 0 Å². The van der Waals surface area contributed by atoms with Gasteiger partial charge < -0.3 is 48.3 Å². The largest absolute Gasteiger partial charge is 0.391 e. The summed E-state index contributed by atoms with van der Waals surface area (Å²) in [7, 11) is 0. The van der Waals surface area contributed by atoms with E-state index < -0.39 is 0 Å². The average molecular weight is 1670 g/mol. The van der Waals surface area contributed by atoms with E-state index in [1.54, 1.807) is 0 Å². The van der Waals surface area contributed by atoms with E-state index >= 15 is 0 Å². The van der Waals surface area contributed by atoms with Gasteiger partial charge in [-0.2, -0.15) is 0 Å². The molecule has 15 rings (SSSR count). The van der Waals surface area contributed by atoms with Crippen molar-refractivity contribution in [1.29, 1.82) is 0 Å². The van der Waals surface area contributed by atoms with E-state index in [0.29, 0.717) is 60.6 Å². The molecule has 4 unspecified atom stereocenters. The quantitative estimate of drug-likeness (QED) is 0.0356. The van der Waals surface area contributed by atoms with Crippen molar-refractivity contribution in [2.24, 2.45) is 0 Å². The molecule has 20 heteroatoms. The van der Waals surface area contributed by atoms with Crippen molar-refractivity contribution in [3.05, 3.63) is 239 Å². The van der Waals surface area contributed by atoms with E-state index in [4.69, 9.17) is 84.3 Å². The van der Waals surface area contributed by atoms with Crippen molar-refractivity contribution < 1.29 is 80.7 Å². The van der Waals surface area contributed by atoms with Gasteiger partial charge in [0, 0.05) is 149 Å². The Kier molecular flexibility index (Phi) is 68.1. The molecule has 638 valence electrons. The third kappa shape index (κ3) is 50.3. The number of hydrogen-bond donors (Lipinski definition) is 2. The number of benzene rings is 6. The molecule has 8 aliphatic heterocycles. The van der Waals surface area contributed by atoms with Gasteiger partial charge in [0.25, 0.3) is 0 Å². The molecule has 6 atom stereocenters. The Bertz CT molecular complexity index is 2910. The molecule has 0 amide bonds. The predicted molar refractivity (Wildman–Crippen MR) is 476 cm³/mol. The Morgan fingerprint density at radius 3 is 0.850 bits per heavy atom. The van der Waals surface area contributed by atoms with Crippen LogP contribution < -0.4 is 5.32 Å². The van der Waals surface area contributed by atoms with E-state index in [-0.39, 0.29) is 69.6 Å². The smallest absolute Gasteiger partial charge is 0.108 e. The molecule has 6 aromatic carbocycles. The predicted octanol–water partition coefficient (Wildman–Crippen LogP) is 18.8. The Hall–Kier alpha value is -3.38. The maximum Gasteiger partial charge on any atom is 0.108 e. The molecule has 0 saturated carbocycles. The first-order valence-electron chi connectivity index (χ1n) is 41.6. The van der Waals surface area contributed by atoms with Crippen LogP contribution in [-0.4, -0.2) is 254 Å². The number of hydrogen-bond acceptors (Lipinski definition) is 15. The Balaban J connectivity index is 0.000000707. The molecule has 15 nitrogen and oxygen atoms in total. The minimum absolute atomic E-state index is 0. The van der Waals surface area contributed by atoms with Crippen LogP contribution in [0.5, 0.6) is 0 Å². The summed E-state index contributed by atoms with van der Waals surface area (Å²) in [6.45, 7) is 48.5. The van der Waals surface area contributed by atoms with Crippen molar-refractivity contribution >= 4 is 46.4 Å². The van der Waals surface area contributed by atoms with Crippen LogP contribution in [0.1, 0.15) is 155 Å². The van der Waals surface area contributed by atoms with Gasteiger partial charge in [0.2, 0.25) is 0 Å². The number of piperazine rings is 3. The molecule has 0 radical (unpaired) electrons. The van der Waals surface area contributed by atoms with Gasteiger partial charge in [0.05, 0.1) is 113 Å². The summed E-state index contributed by atoms with van der Waals surface area (Å²) in [5, 5.41) is 13.8. The topological polar surface area (TPSA) is 139 Å². The Morgan fingerprint density at radius 1 is 0.372 bits per heavy atom. The van der Waals surface area contributed by atoms with Crippen molar-refractivity contribution in [1.82, 2.24) is 29.8 Å². The van der Waals surface area contributed by atoms with E-state index in [1.807, 2.05) is 107 Å². The molecule has 0 spiro atoms. The third-order valence-electron chi connectivity index (χ3n) is 17.8. The minimum Gasteiger partial charge on any atom is -0.391 e. The van der Waals surface area contributed by atoms with Crippen LogP contribution >= 0.6 is 46.4 Å². The van der Waals surface area contributed by atoms with E-state index in [9.17, 15) is 5.11 Å². The van der Waals surface area contributed by atoms with Gasteiger partial charge in [-0.15, -0.1) is 46.4 Å². The first-order valence-corrected chi connectivity index (χ1v) is 43.8. The molecular weight excluding hydrogens is 1530 g/mol. The fourth-order valence-corrected chi connectivity index (χ4v) is 12.3. The number of nitrogens with zero attached hydrogens (tertiary/aromatic N) is 5. The zero-order valence-corrected chi connectivity index (χ0v) is 73.7. The van der Waals surface area contributed by atoms with Crippen LogP contribution in [0.3, 0.4) is 0 Å². The Morgan fingerprint density at radius 2 is 0.619 bits per heavy atom. The second-order valence-electron chi connectivity index (χ2n) is 25.8. The molecule has 8 fully saturated rings. The van der Waals surface area contributed by atoms with Gasteiger partial charge >= 0.3 is 0 Å². The number of β-amino-alcohol motifs (C(OH)–C–C–N with tert-alkyl or cyclic N) is 1. The van der Waals surface area contributed by atoms with Gasteiger partial charge in [-0.3, -0.25) is 24.5 Å². The summed E-state index contributed by atoms with van der Waals surface area (Å²) in [6.07, 6.45) is 10.0. The molecule has 1 aliphatic carbocycles. The van der Waals surface area contributed by atoms with Gasteiger partial charge in [-0.05, 0) is 46.2 Å². The molecule has 2 N–H and O–H groups in total. The Labute approximate surface area is 736 Å². The molecule has 8 heterocycles. The maximum atomic E-state index is 10.4. The van der Waals surface area contributed by atoms with Crippen molar-refractivity contribution in [3.8, 4) is 0 Å². The van der Waals surface area contributed by atoms with Crippen LogP contribution in [0.15, 0.2) is 206 Å². The number of alkyl halides is 4. The zero-order valence-electron chi connectivity index (χ0n) is 70.0. The molecule has 0 bridgehead atoms. The second-order valence-corrected chi connectivity index (χ2v) is 27.0. The first kappa shape index (κ1) is 108. The van der Waals surface area contributed by atoms with Crippen molar-refractivity contribution in [3.63, 3.8) is 0 Å². The summed E-state index contributed by atoms with van der Waals surface area (Å²) >= 11 is 21.1. The molecule has 8 saturated heterocycles. The van der Waals surface area contributed by atoms with Crippen molar-refractivity contribution in [2.45, 2.75) is 158 Å². The first-order chi connectivity index (χ1) is 54.8. The summed E-state index contributed by atoms with van der Waals surface area (Å²) in [5.74, 6) is 2.67. The van der Waals surface area contributed by atoms with Crippen LogP contribution in [0.2, 0.25) is 0 Å². The van der Waals surface area contributed by atoms with Crippen LogP contribution in [0.4, 0.5) is 0 Å². The van der Waals surface area contributed by atoms with E-state index in [1.165, 1.54) is 39.0 Å². The number of nitrogens with one attached hydrogen (secondary N) is 1. The normalized spacial score (nSPS) is 19.4. The number of allylic oxidation sites excluding steroid dienone is 3. The number of epoxide rings is 5. The average Bonchev–Trinajstić information content (AvgIpc) is 1.33. The maximum absolute atomic E-state index is 10.4. The van der Waals surface area contributed by atoms with Gasteiger partial charge in [-0.1, -0.05) is 296 Å². The number of aliphatic hydroxyl groups excluding tert-OH is 1. The summed E-state index contributed by atoms with van der Waals surface area (Å²) in [5.41, 5.74) is 8.60. The van der Waals surface area contributed by atoms with E-state index in [0.717, 1.165) is 170 Å². The monoisotopic (exact) mass is 1670 g/mol. The van der Waals surface area contributed by atoms with Gasteiger partial charge in [-0.25, -0.2) is 0 Å². The molecular formula is C93H146ArCl4N6O9. The van der Waals surface area contributed by atoms with Crippen LogP contribution in [0.25, 0.3) is 0 Å². The number of halogens is 4. The van der Waals surface area contributed by atoms with Gasteiger partial charge in [0.1, 0.15) is 18.3 Å². The minimum atomic E-state index is -0.265. The number of aliphatic hydroxyl groups is 1. The standard InChI is InChI=1S/C27H34N2O2.C22H28N2O2.C19H24N2O.4C3H5ClO.6C2H6.CH4.Ar/c30-26(21-23-9-7-8-10-23)22-29-17-15-28(16-18-29)19-20-31-27(24-11-3-1-4-12-24)25-13-5-2-6-14-25;1-3-7-19(8-4-1)22(20-9-5-2-6-10-20)25-16-15-23-11-13-24(14-12-23)17-21-18-26-21;1-3-7-17(8-4-1)19(18-9-5-2-6-10-18)22-16-15-21-13-11-20-12-14-21;4*4-1-3-2-5-3;6*1-2;;/h1-9,11-14,26-27,30H,10,15-22H2;1-10,21-22H,11-18H2;1-10,19-20H,11-16H2;4*3H,1-2H2;6*1-2H3;1H4;/t;;;2*3-;;;;;;;;;;/m...10........../s1. The summed E-state index contributed by atoms with van der Waals surface area (Å²) in [6, 6.07) is 62.9. The third-order valence-corrected chi connectivity index (χ3v) is 19.2. The molecule has 113 heavy (non-hydrogen) atoms. The molecule has 6 aromatic rings. The molecule has 0 aromatic heterocycles. The summed E-state index contributed by atoms with van der Waals surface area (Å²) in [4.78, 5) is 12.4. The molecule has 9 aliphatic rings. The van der Waals surface area contributed by atoms with Crippen LogP contribution in [0, 0.1) is 37.7 Å². The summed E-state index contributed by atoms with van der Waals surface area (Å²) < 4.78 is 43.2. The van der Waals surface area contributed by atoms with Crippen LogP contribution in [-0.2, 0) is 37.9 Å². The number of rotatable bonds is 28. The zero-order chi connectivity index (χ0) is 80.7. The van der Waals surface area contributed by atoms with E-state index in [2.05, 4.69) is 206 Å². The second kappa shape index (κ2) is 71.5. The fourth-order valence-electron chi connectivity index (χ4n) is 11.5. The number of ether oxygens (including phenoxy) is 8.